The molecule has 4 heteroatoms. The quantitative estimate of drug-likeness (QED) is 0.803. The molecule has 17 heavy (non-hydrogen) atoms. The summed E-state index contributed by atoms with van der Waals surface area (Å²) in [5.74, 6) is 0. The monoisotopic (exact) mass is 234 g/mol. The van der Waals surface area contributed by atoms with Crippen molar-refractivity contribution in [3.05, 3.63) is 29.9 Å². The van der Waals surface area contributed by atoms with E-state index in [9.17, 15) is 0 Å². The van der Waals surface area contributed by atoms with Crippen molar-refractivity contribution in [2.45, 2.75) is 46.3 Å². The number of fused-ring (bicyclic) bond motifs is 2. The molecule has 4 nitrogen and oxygen atoms in total. The Morgan fingerprint density at radius 3 is 3.06 bits per heavy atom. The van der Waals surface area contributed by atoms with Crippen LogP contribution in [-0.4, -0.2) is 27.4 Å². The van der Waals surface area contributed by atoms with E-state index in [2.05, 4.69) is 39.2 Å². The van der Waals surface area contributed by atoms with Gasteiger partial charge in [0.15, 0.2) is 0 Å². The smallest absolute Gasteiger partial charge is 0.118 e. The molecule has 0 amide bonds. The number of rotatable bonds is 1. The second-order valence-corrected chi connectivity index (χ2v) is 4.15. The van der Waals surface area contributed by atoms with E-state index >= 15 is 0 Å². The molecule has 94 valence electrons. The van der Waals surface area contributed by atoms with E-state index in [0.29, 0.717) is 6.17 Å². The van der Waals surface area contributed by atoms with Crippen LogP contribution in [0.1, 0.15) is 32.2 Å². The lowest BCUT2D eigenvalue weighted by atomic mass is 10.2. The third-order valence-electron chi connectivity index (χ3n) is 3.20. The predicted molar refractivity (Wildman–Crippen MR) is 69.4 cm³/mol. The van der Waals surface area contributed by atoms with E-state index in [0.717, 1.165) is 25.9 Å². The highest BCUT2D eigenvalue weighted by molar-refractivity contribution is 5.13. The summed E-state index contributed by atoms with van der Waals surface area (Å²) in [5, 5.41) is 7.96. The molecule has 1 atom stereocenters. The van der Waals surface area contributed by atoms with Gasteiger partial charge in [-0.1, -0.05) is 20.8 Å². The van der Waals surface area contributed by atoms with Gasteiger partial charge in [-0.05, 0) is 12.5 Å². The van der Waals surface area contributed by atoms with Gasteiger partial charge in [0.05, 0.1) is 12.2 Å². The molecule has 1 N–H and O–H groups in total. The highest BCUT2D eigenvalue weighted by Gasteiger charge is 2.24. The van der Waals surface area contributed by atoms with E-state index in [1.807, 2.05) is 20.0 Å². The fraction of sp³-hybridized carbons (Fsp3) is 0.615. The van der Waals surface area contributed by atoms with Gasteiger partial charge >= 0.3 is 0 Å². The first kappa shape index (κ1) is 12.0. The molecule has 1 aromatic heterocycles. The van der Waals surface area contributed by atoms with Gasteiger partial charge < -0.3 is 10.2 Å². The summed E-state index contributed by atoms with van der Waals surface area (Å²) in [4.78, 5) is 2.35. The standard InChI is InChI=1S/C11H16N4.C2H6/c1-2-9-7-10-3-5-14-6-4-12-11(14)8-15(10)13-9;1-2/h4,6-7,11-12H,2-3,5,8H2,1H3;1-2H3. The molecule has 1 unspecified atom stereocenters. The molecule has 3 rings (SSSR count). The molecule has 1 aromatic rings. The lowest BCUT2D eigenvalue weighted by Gasteiger charge is -2.22. The maximum Gasteiger partial charge on any atom is 0.118 e. The maximum absolute atomic E-state index is 4.61. The van der Waals surface area contributed by atoms with Crippen LogP contribution in [0.25, 0.3) is 0 Å². The van der Waals surface area contributed by atoms with E-state index in [4.69, 9.17) is 0 Å². The fourth-order valence-corrected chi connectivity index (χ4v) is 2.29. The fourth-order valence-electron chi connectivity index (χ4n) is 2.29. The minimum Gasteiger partial charge on any atom is -0.368 e. The Kier molecular flexibility index (Phi) is 3.71. The zero-order chi connectivity index (χ0) is 12.3. The average Bonchev–Trinajstić information content (AvgIpc) is 2.94. The van der Waals surface area contributed by atoms with Crippen LogP contribution in [0.4, 0.5) is 0 Å². The molecule has 0 radical (unpaired) electrons. The molecule has 0 bridgehead atoms. The van der Waals surface area contributed by atoms with Crippen LogP contribution in [0.3, 0.4) is 0 Å². The first-order valence-corrected chi connectivity index (χ1v) is 6.61. The van der Waals surface area contributed by atoms with Crippen LogP contribution >= 0.6 is 0 Å². The molecule has 0 aliphatic carbocycles. The minimum absolute atomic E-state index is 0.399. The molecule has 2 aliphatic heterocycles. The summed E-state index contributed by atoms with van der Waals surface area (Å²) in [5.41, 5.74) is 2.58. The van der Waals surface area contributed by atoms with E-state index in [1.54, 1.807) is 0 Å². The van der Waals surface area contributed by atoms with Crippen LogP contribution in [0.15, 0.2) is 18.5 Å². The Hall–Kier alpha value is -1.45. The highest BCUT2D eigenvalue weighted by atomic mass is 15.4. The Balaban J connectivity index is 0.000000514. The van der Waals surface area contributed by atoms with Gasteiger partial charge in [0.2, 0.25) is 0 Å². The molecule has 0 saturated carbocycles. The van der Waals surface area contributed by atoms with Gasteiger partial charge in [-0.25, -0.2) is 0 Å². The van der Waals surface area contributed by atoms with E-state index < -0.39 is 0 Å². The van der Waals surface area contributed by atoms with Crippen LogP contribution in [0, 0.1) is 0 Å². The third-order valence-corrected chi connectivity index (χ3v) is 3.20. The van der Waals surface area contributed by atoms with Crippen LogP contribution in [-0.2, 0) is 19.4 Å². The van der Waals surface area contributed by atoms with Crippen LogP contribution < -0.4 is 5.32 Å². The largest absolute Gasteiger partial charge is 0.368 e. The molecule has 0 aromatic carbocycles. The van der Waals surface area contributed by atoms with Crippen molar-refractivity contribution in [2.24, 2.45) is 0 Å². The molecule has 0 saturated heterocycles. The second-order valence-electron chi connectivity index (χ2n) is 4.15. The Morgan fingerprint density at radius 2 is 2.29 bits per heavy atom. The summed E-state index contributed by atoms with van der Waals surface area (Å²) in [6, 6.07) is 2.24. The lowest BCUT2D eigenvalue weighted by molar-refractivity contribution is 0.264. The van der Waals surface area contributed by atoms with Gasteiger partial charge in [0, 0.05) is 31.1 Å². The van der Waals surface area contributed by atoms with Crippen molar-refractivity contribution in [2.75, 3.05) is 6.54 Å². The molecule has 0 fully saturated rings. The molecular weight excluding hydrogens is 212 g/mol. The number of nitrogens with one attached hydrogen (secondary N) is 1. The summed E-state index contributed by atoms with van der Waals surface area (Å²) in [6.07, 6.45) is 6.68. The van der Waals surface area contributed by atoms with E-state index in [-0.39, 0.29) is 0 Å². The molecule has 0 spiro atoms. The van der Waals surface area contributed by atoms with Crippen LogP contribution in [0.2, 0.25) is 0 Å². The Morgan fingerprint density at radius 1 is 1.47 bits per heavy atom. The summed E-state index contributed by atoms with van der Waals surface area (Å²) < 4.78 is 2.16. The van der Waals surface area contributed by atoms with Crippen molar-refractivity contribution < 1.29 is 0 Å². The summed E-state index contributed by atoms with van der Waals surface area (Å²) in [6.45, 7) is 8.19. The first-order valence-electron chi connectivity index (χ1n) is 6.61. The lowest BCUT2D eigenvalue weighted by Crippen LogP contribution is -2.38. The second kappa shape index (κ2) is 5.25. The zero-order valence-electron chi connectivity index (χ0n) is 11.0. The average molecular weight is 234 g/mol. The molecule has 3 heterocycles. The summed E-state index contributed by atoms with van der Waals surface area (Å²) in [7, 11) is 0. The predicted octanol–water partition coefficient (Wildman–Crippen LogP) is 1.73. The Bertz CT molecular complexity index is 394. The SMILES string of the molecule is CC.CCc1cc2n(n1)CC1NC=CN1CC2. The van der Waals surface area contributed by atoms with Crippen molar-refractivity contribution in [1.82, 2.24) is 20.0 Å². The van der Waals surface area contributed by atoms with Gasteiger partial charge in [0.1, 0.15) is 6.17 Å². The number of aryl methyl sites for hydroxylation is 1. The minimum atomic E-state index is 0.399. The van der Waals surface area contributed by atoms with Gasteiger partial charge in [-0.15, -0.1) is 0 Å². The van der Waals surface area contributed by atoms with Crippen molar-refractivity contribution in [3.8, 4) is 0 Å². The number of nitrogens with zero attached hydrogens (tertiary/aromatic N) is 3. The summed E-state index contributed by atoms with van der Waals surface area (Å²) >= 11 is 0. The van der Waals surface area contributed by atoms with Crippen molar-refractivity contribution in [3.63, 3.8) is 0 Å². The zero-order valence-corrected chi connectivity index (χ0v) is 11.0. The van der Waals surface area contributed by atoms with Gasteiger partial charge in [-0.2, -0.15) is 5.10 Å². The molecular formula is C13H22N4. The van der Waals surface area contributed by atoms with Crippen LogP contribution in [0.5, 0.6) is 0 Å². The number of hydrogen-bond acceptors (Lipinski definition) is 3. The normalized spacial score (nSPS) is 20.9. The number of aromatic nitrogens is 2. The molecule has 2 aliphatic rings. The van der Waals surface area contributed by atoms with Gasteiger partial charge in [0.25, 0.3) is 0 Å². The Labute approximate surface area is 103 Å². The maximum atomic E-state index is 4.61. The topological polar surface area (TPSA) is 33.1 Å². The highest BCUT2D eigenvalue weighted by Crippen LogP contribution is 2.16. The third kappa shape index (κ3) is 2.30. The van der Waals surface area contributed by atoms with Crippen molar-refractivity contribution >= 4 is 0 Å². The first-order chi connectivity index (χ1) is 8.36. The van der Waals surface area contributed by atoms with E-state index in [1.165, 1.54) is 11.4 Å². The van der Waals surface area contributed by atoms with Gasteiger partial charge in [-0.3, -0.25) is 4.68 Å². The van der Waals surface area contributed by atoms with Crippen molar-refractivity contribution in [1.29, 1.82) is 0 Å². The number of hydrogen-bond donors (Lipinski definition) is 1.